The van der Waals surface area contributed by atoms with E-state index in [1.807, 2.05) is 0 Å². The van der Waals surface area contributed by atoms with E-state index in [0.717, 1.165) is 5.56 Å². The summed E-state index contributed by atoms with van der Waals surface area (Å²) in [7, 11) is 4.38. The quantitative estimate of drug-likeness (QED) is 0.244. The van der Waals surface area contributed by atoms with E-state index < -0.39 is 5.97 Å². The van der Waals surface area contributed by atoms with Gasteiger partial charge in [0, 0.05) is 5.69 Å². The Bertz CT molecular complexity index is 1170. The van der Waals surface area contributed by atoms with Gasteiger partial charge in [0.1, 0.15) is 0 Å². The Morgan fingerprint density at radius 3 is 2.32 bits per heavy atom. The number of nitrogens with zero attached hydrogens (tertiary/aromatic N) is 2. The zero-order valence-corrected chi connectivity index (χ0v) is 20.2. The van der Waals surface area contributed by atoms with Crippen molar-refractivity contribution < 1.29 is 28.6 Å². The van der Waals surface area contributed by atoms with E-state index >= 15 is 0 Å². The van der Waals surface area contributed by atoms with Gasteiger partial charge in [-0.2, -0.15) is 0 Å². The smallest absolute Gasteiger partial charge is 0.337 e. The minimum absolute atomic E-state index is 0.104. The molecule has 178 valence electrons. The van der Waals surface area contributed by atoms with Gasteiger partial charge in [-0.05, 0) is 42.0 Å². The fourth-order valence-electron chi connectivity index (χ4n) is 2.79. The Morgan fingerprint density at radius 1 is 0.912 bits per heavy atom. The van der Waals surface area contributed by atoms with Crippen molar-refractivity contribution in [2.24, 2.45) is 0 Å². The molecule has 3 aromatic rings. The van der Waals surface area contributed by atoms with Gasteiger partial charge in [0.05, 0.1) is 39.1 Å². The molecule has 12 heteroatoms. The number of hydrogen-bond acceptors (Lipinski definition) is 10. The van der Waals surface area contributed by atoms with Crippen LogP contribution in [0.3, 0.4) is 0 Å². The highest BCUT2D eigenvalue weighted by atomic mass is 32.2. The number of ether oxygens (including phenoxy) is 3. The van der Waals surface area contributed by atoms with Gasteiger partial charge < -0.3 is 24.8 Å². The molecule has 1 aromatic heterocycles. The Morgan fingerprint density at radius 2 is 1.65 bits per heavy atom. The Hall–Kier alpha value is -3.64. The number of carbonyl (C=O) groups excluding carboxylic acids is 3. The van der Waals surface area contributed by atoms with Crippen molar-refractivity contribution in [3.8, 4) is 11.5 Å². The number of aromatic nitrogens is 2. The molecule has 0 saturated heterocycles. The molecule has 0 aliphatic heterocycles. The molecule has 0 saturated carbocycles. The molecule has 2 aromatic carbocycles. The van der Waals surface area contributed by atoms with Crippen molar-refractivity contribution in [3.63, 3.8) is 0 Å². The number of benzene rings is 2. The van der Waals surface area contributed by atoms with Crippen LogP contribution in [-0.4, -0.2) is 55.1 Å². The molecular weight excluding hydrogens is 480 g/mol. The fourth-order valence-corrected chi connectivity index (χ4v) is 4.36. The average Bonchev–Trinajstić information content (AvgIpc) is 3.29. The molecule has 34 heavy (non-hydrogen) atoms. The van der Waals surface area contributed by atoms with E-state index in [-0.39, 0.29) is 24.0 Å². The SMILES string of the molecule is COC(=O)c1ccc(NC(=O)CSc2nnc(NC(=O)Cc3ccc(OC)c(OC)c3)s2)cc1. The lowest BCUT2D eigenvalue weighted by Gasteiger charge is -2.09. The number of nitrogens with one attached hydrogen (secondary N) is 2. The van der Waals surface area contributed by atoms with Crippen molar-refractivity contribution in [3.05, 3.63) is 53.6 Å². The molecule has 1 heterocycles. The predicted octanol–water partition coefficient (Wildman–Crippen LogP) is 3.25. The first kappa shape index (κ1) is 25.0. The van der Waals surface area contributed by atoms with Gasteiger partial charge in [-0.15, -0.1) is 10.2 Å². The van der Waals surface area contributed by atoms with Crippen LogP contribution < -0.4 is 20.1 Å². The fraction of sp³-hybridized carbons (Fsp3) is 0.227. The molecule has 0 unspecified atom stereocenters. The third-order valence-electron chi connectivity index (χ3n) is 4.38. The summed E-state index contributed by atoms with van der Waals surface area (Å²) in [4.78, 5) is 36.0. The van der Waals surface area contributed by atoms with E-state index in [0.29, 0.717) is 32.2 Å². The van der Waals surface area contributed by atoms with Crippen LogP contribution in [-0.2, 0) is 20.7 Å². The first-order valence-corrected chi connectivity index (χ1v) is 11.7. The minimum Gasteiger partial charge on any atom is -0.493 e. The van der Waals surface area contributed by atoms with Gasteiger partial charge >= 0.3 is 5.97 Å². The summed E-state index contributed by atoms with van der Waals surface area (Å²) >= 11 is 2.37. The van der Waals surface area contributed by atoms with Crippen LogP contribution in [0.5, 0.6) is 11.5 Å². The van der Waals surface area contributed by atoms with E-state index in [4.69, 9.17) is 9.47 Å². The number of thioether (sulfide) groups is 1. The highest BCUT2D eigenvalue weighted by Gasteiger charge is 2.13. The highest BCUT2D eigenvalue weighted by molar-refractivity contribution is 8.01. The van der Waals surface area contributed by atoms with Crippen LogP contribution in [0.25, 0.3) is 0 Å². The molecule has 0 aliphatic carbocycles. The standard InChI is InChI=1S/C22H22N4O6S2/c1-30-16-9-4-13(10-17(16)31-2)11-18(27)24-21-25-26-22(34-21)33-12-19(28)23-15-7-5-14(6-8-15)20(29)32-3/h4-10H,11-12H2,1-3H3,(H,23,28)(H,24,25,27). The number of esters is 1. The number of rotatable bonds is 10. The van der Waals surface area contributed by atoms with Crippen LogP contribution in [0, 0.1) is 0 Å². The number of hydrogen-bond donors (Lipinski definition) is 2. The third-order valence-corrected chi connectivity index (χ3v) is 6.35. The number of methoxy groups -OCH3 is 3. The summed E-state index contributed by atoms with van der Waals surface area (Å²) in [6, 6.07) is 11.6. The second-order valence-corrected chi connectivity index (χ2v) is 8.89. The average molecular weight is 503 g/mol. The monoisotopic (exact) mass is 502 g/mol. The normalized spacial score (nSPS) is 10.3. The summed E-state index contributed by atoms with van der Waals surface area (Å²) in [5.74, 6) is 0.279. The van der Waals surface area contributed by atoms with Gasteiger partial charge in [-0.25, -0.2) is 4.79 Å². The lowest BCUT2D eigenvalue weighted by atomic mass is 10.1. The van der Waals surface area contributed by atoms with E-state index in [1.165, 1.54) is 37.3 Å². The molecule has 0 radical (unpaired) electrons. The molecule has 0 bridgehead atoms. The molecular formula is C22H22N4O6S2. The molecule has 0 aliphatic rings. The van der Waals surface area contributed by atoms with Crippen molar-refractivity contribution in [1.82, 2.24) is 10.2 Å². The molecule has 2 N–H and O–H groups in total. The molecule has 0 spiro atoms. The summed E-state index contributed by atoms with van der Waals surface area (Å²) in [6.45, 7) is 0. The second kappa shape index (κ2) is 12.0. The molecule has 3 rings (SSSR count). The maximum atomic E-state index is 12.4. The van der Waals surface area contributed by atoms with Crippen LogP contribution in [0.1, 0.15) is 15.9 Å². The largest absolute Gasteiger partial charge is 0.493 e. The van der Waals surface area contributed by atoms with Crippen molar-refractivity contribution >= 4 is 51.7 Å². The van der Waals surface area contributed by atoms with Gasteiger partial charge in [0.2, 0.25) is 16.9 Å². The molecule has 0 atom stereocenters. The highest BCUT2D eigenvalue weighted by Crippen LogP contribution is 2.28. The van der Waals surface area contributed by atoms with Crippen molar-refractivity contribution in [1.29, 1.82) is 0 Å². The lowest BCUT2D eigenvalue weighted by Crippen LogP contribution is -2.14. The van der Waals surface area contributed by atoms with Gasteiger partial charge in [-0.3, -0.25) is 9.59 Å². The van der Waals surface area contributed by atoms with Crippen LogP contribution in [0.2, 0.25) is 0 Å². The Kier molecular flexibility index (Phi) is 8.82. The van der Waals surface area contributed by atoms with Crippen LogP contribution >= 0.6 is 23.1 Å². The van der Waals surface area contributed by atoms with Gasteiger partial charge in [0.25, 0.3) is 0 Å². The Labute approximate surface area is 204 Å². The summed E-state index contributed by atoms with van der Waals surface area (Å²) in [5, 5.41) is 13.7. The number of carbonyl (C=O) groups is 3. The van der Waals surface area contributed by atoms with Gasteiger partial charge in [-0.1, -0.05) is 29.2 Å². The lowest BCUT2D eigenvalue weighted by molar-refractivity contribution is -0.115. The van der Waals surface area contributed by atoms with Crippen molar-refractivity contribution in [2.75, 3.05) is 37.7 Å². The molecule has 0 fully saturated rings. The Balaban J connectivity index is 1.47. The first-order valence-electron chi connectivity index (χ1n) is 9.87. The predicted molar refractivity (Wildman–Crippen MR) is 129 cm³/mol. The topological polar surface area (TPSA) is 129 Å². The summed E-state index contributed by atoms with van der Waals surface area (Å²) in [6.07, 6.45) is 0.125. The van der Waals surface area contributed by atoms with Crippen molar-refractivity contribution in [2.45, 2.75) is 10.8 Å². The minimum atomic E-state index is -0.448. The first-order chi connectivity index (χ1) is 16.4. The summed E-state index contributed by atoms with van der Waals surface area (Å²) in [5.41, 5.74) is 1.70. The number of amides is 2. The van der Waals surface area contributed by atoms with E-state index in [1.54, 1.807) is 49.6 Å². The summed E-state index contributed by atoms with van der Waals surface area (Å²) < 4.78 is 15.6. The molecule has 10 nitrogen and oxygen atoms in total. The van der Waals surface area contributed by atoms with Crippen LogP contribution in [0.15, 0.2) is 46.8 Å². The molecule has 2 amide bonds. The second-order valence-electron chi connectivity index (χ2n) is 6.69. The maximum absolute atomic E-state index is 12.4. The third kappa shape index (κ3) is 6.93. The zero-order valence-electron chi connectivity index (χ0n) is 18.6. The van der Waals surface area contributed by atoms with E-state index in [9.17, 15) is 14.4 Å². The zero-order chi connectivity index (χ0) is 24.5. The van der Waals surface area contributed by atoms with E-state index in [2.05, 4.69) is 25.6 Å². The maximum Gasteiger partial charge on any atom is 0.337 e. The van der Waals surface area contributed by atoms with Crippen LogP contribution in [0.4, 0.5) is 10.8 Å². The van der Waals surface area contributed by atoms with Gasteiger partial charge in [0.15, 0.2) is 15.8 Å². The number of anilines is 2.